The number of amides is 1. The summed E-state index contributed by atoms with van der Waals surface area (Å²) >= 11 is 0. The van der Waals surface area contributed by atoms with E-state index >= 15 is 0 Å². The van der Waals surface area contributed by atoms with Crippen molar-refractivity contribution in [3.8, 4) is 0 Å². The van der Waals surface area contributed by atoms with Gasteiger partial charge in [0.05, 0.1) is 0 Å². The second-order valence-corrected chi connectivity index (χ2v) is 7.64. The molecule has 2 rings (SSSR count). The van der Waals surface area contributed by atoms with Crippen LogP contribution in [-0.4, -0.2) is 48.6 Å². The Balaban J connectivity index is 1.88. The van der Waals surface area contributed by atoms with Crippen LogP contribution < -0.4 is 5.32 Å². The summed E-state index contributed by atoms with van der Waals surface area (Å²) in [5, 5.41) is 3.04. The first-order valence-corrected chi connectivity index (χ1v) is 9.51. The molecule has 1 N–H and O–H groups in total. The molecule has 1 saturated carbocycles. The van der Waals surface area contributed by atoms with Gasteiger partial charge in [0.25, 0.3) is 5.91 Å². The molecule has 0 heterocycles. The Hall–Kier alpha value is -1.88. The van der Waals surface area contributed by atoms with Gasteiger partial charge in [0.1, 0.15) is 0 Å². The molecule has 5 heteroatoms. The third-order valence-corrected chi connectivity index (χ3v) is 5.65. The van der Waals surface area contributed by atoms with Crippen LogP contribution in [0.5, 0.6) is 0 Å². The second kappa shape index (κ2) is 9.17. The van der Waals surface area contributed by atoms with Crippen LogP contribution in [0.15, 0.2) is 30.3 Å². The zero-order valence-electron chi connectivity index (χ0n) is 16.5. The molecule has 0 aliphatic heterocycles. The maximum absolute atomic E-state index is 12.2. The second-order valence-electron chi connectivity index (χ2n) is 7.64. The fraction of sp³-hybridized carbons (Fsp3) is 0.619. The normalized spacial score (nSPS) is 24.1. The van der Waals surface area contributed by atoms with Crippen molar-refractivity contribution in [2.24, 2.45) is 0 Å². The molecule has 1 amide bonds. The highest BCUT2D eigenvalue weighted by Gasteiger charge is 2.37. The van der Waals surface area contributed by atoms with Gasteiger partial charge in [-0.3, -0.25) is 9.59 Å². The maximum Gasteiger partial charge on any atom is 0.303 e. The van der Waals surface area contributed by atoms with E-state index in [1.54, 1.807) is 6.92 Å². The van der Waals surface area contributed by atoms with Crippen molar-refractivity contribution >= 4 is 11.9 Å². The minimum atomic E-state index is -0.730. The number of rotatable bonds is 7. The first-order chi connectivity index (χ1) is 12.3. The van der Waals surface area contributed by atoms with Crippen LogP contribution in [0, 0.1) is 0 Å². The smallest absolute Gasteiger partial charge is 0.303 e. The van der Waals surface area contributed by atoms with Crippen LogP contribution in [0.2, 0.25) is 0 Å². The molecule has 0 spiro atoms. The van der Waals surface area contributed by atoms with Gasteiger partial charge < -0.3 is 15.0 Å². The molecule has 0 radical (unpaired) electrons. The third-order valence-electron chi connectivity index (χ3n) is 5.65. The number of esters is 1. The van der Waals surface area contributed by atoms with Gasteiger partial charge in [0, 0.05) is 18.5 Å². The van der Waals surface area contributed by atoms with Crippen molar-refractivity contribution in [1.82, 2.24) is 10.2 Å². The van der Waals surface area contributed by atoms with Crippen LogP contribution >= 0.6 is 0 Å². The lowest BCUT2D eigenvalue weighted by Gasteiger charge is -2.45. The van der Waals surface area contributed by atoms with E-state index < -0.39 is 12.1 Å². The Bertz CT molecular complexity index is 593. The highest BCUT2D eigenvalue weighted by molar-refractivity contribution is 5.83. The lowest BCUT2D eigenvalue weighted by Crippen LogP contribution is -2.52. The number of hydrogen-bond donors (Lipinski definition) is 1. The summed E-state index contributed by atoms with van der Waals surface area (Å²) in [4.78, 5) is 25.5. The van der Waals surface area contributed by atoms with Crippen LogP contribution in [0.1, 0.15) is 51.5 Å². The molecule has 1 aromatic rings. The average molecular weight is 360 g/mol. The Morgan fingerprint density at radius 3 is 2.38 bits per heavy atom. The molecule has 0 bridgehead atoms. The minimum absolute atomic E-state index is 0.158. The Morgan fingerprint density at radius 1 is 1.23 bits per heavy atom. The first-order valence-electron chi connectivity index (χ1n) is 9.51. The summed E-state index contributed by atoms with van der Waals surface area (Å²) in [6, 6.07) is 10.8. The fourth-order valence-corrected chi connectivity index (χ4v) is 3.86. The number of hydrogen-bond acceptors (Lipinski definition) is 4. The summed E-state index contributed by atoms with van der Waals surface area (Å²) in [5.41, 5.74) is 1.55. The summed E-state index contributed by atoms with van der Waals surface area (Å²) in [5.74, 6) is -0.629. The predicted octanol–water partition coefficient (Wildman–Crippen LogP) is 2.93. The molecular weight excluding hydrogens is 328 g/mol. The molecule has 1 aromatic carbocycles. The molecule has 1 aliphatic rings. The van der Waals surface area contributed by atoms with Crippen molar-refractivity contribution in [1.29, 1.82) is 0 Å². The van der Waals surface area contributed by atoms with Crippen LogP contribution in [0.4, 0.5) is 0 Å². The van der Waals surface area contributed by atoms with Gasteiger partial charge in [0.15, 0.2) is 6.10 Å². The standard InChI is InChI=1S/C21H32N2O3/c1-16(26-17(2)24)20(25)22-19-11-14-21(15-12-19,23(3)4)13-10-18-8-6-5-7-9-18/h5-9,16,19H,10-15H2,1-4H3,(H,22,25). The first kappa shape index (κ1) is 20.4. The van der Waals surface area contributed by atoms with Gasteiger partial charge in [-0.25, -0.2) is 0 Å². The summed E-state index contributed by atoms with van der Waals surface area (Å²) in [7, 11) is 4.32. The quantitative estimate of drug-likeness (QED) is 0.760. The van der Waals surface area contributed by atoms with E-state index in [1.807, 2.05) is 0 Å². The molecule has 26 heavy (non-hydrogen) atoms. The molecule has 5 nitrogen and oxygen atoms in total. The highest BCUT2D eigenvalue weighted by atomic mass is 16.5. The summed E-state index contributed by atoms with van der Waals surface area (Å²) < 4.78 is 4.96. The SMILES string of the molecule is CC(=O)OC(C)C(=O)NC1CCC(CCc2ccccc2)(N(C)C)CC1. The van der Waals surface area contributed by atoms with Gasteiger partial charge in [-0.05, 0) is 65.1 Å². The van der Waals surface area contributed by atoms with E-state index in [4.69, 9.17) is 4.74 Å². The number of nitrogens with one attached hydrogen (secondary N) is 1. The van der Waals surface area contributed by atoms with Gasteiger partial charge in [0.2, 0.25) is 0 Å². The fourth-order valence-electron chi connectivity index (χ4n) is 3.86. The molecule has 1 aliphatic carbocycles. The highest BCUT2D eigenvalue weighted by Crippen LogP contribution is 2.36. The van der Waals surface area contributed by atoms with Gasteiger partial charge >= 0.3 is 5.97 Å². The van der Waals surface area contributed by atoms with E-state index in [0.717, 1.165) is 38.5 Å². The molecule has 1 atom stereocenters. The van der Waals surface area contributed by atoms with E-state index in [9.17, 15) is 9.59 Å². The zero-order chi connectivity index (χ0) is 19.2. The predicted molar refractivity (Wildman–Crippen MR) is 103 cm³/mol. The Labute approximate surface area is 157 Å². The van der Waals surface area contributed by atoms with Crippen LogP contribution in [0.3, 0.4) is 0 Å². The molecule has 0 saturated heterocycles. The lowest BCUT2D eigenvalue weighted by atomic mass is 9.75. The van der Waals surface area contributed by atoms with Crippen molar-refractivity contribution in [2.75, 3.05) is 14.1 Å². The number of carbonyl (C=O) groups excluding carboxylic acids is 2. The Kier molecular flexibility index (Phi) is 7.21. The number of benzene rings is 1. The van der Waals surface area contributed by atoms with Crippen LogP contribution in [0.25, 0.3) is 0 Å². The van der Waals surface area contributed by atoms with Gasteiger partial charge in [-0.2, -0.15) is 0 Å². The monoisotopic (exact) mass is 360 g/mol. The maximum atomic E-state index is 12.2. The number of ether oxygens (including phenoxy) is 1. The van der Waals surface area contributed by atoms with Gasteiger partial charge in [-0.1, -0.05) is 30.3 Å². The van der Waals surface area contributed by atoms with Crippen molar-refractivity contribution in [3.05, 3.63) is 35.9 Å². The summed E-state index contributed by atoms with van der Waals surface area (Å²) in [6.07, 6.45) is 5.47. The Morgan fingerprint density at radius 2 is 1.85 bits per heavy atom. The molecule has 1 fully saturated rings. The largest absolute Gasteiger partial charge is 0.453 e. The molecule has 1 unspecified atom stereocenters. The van der Waals surface area contributed by atoms with Crippen molar-refractivity contribution < 1.29 is 14.3 Å². The van der Waals surface area contributed by atoms with E-state index in [2.05, 4.69) is 54.6 Å². The van der Waals surface area contributed by atoms with E-state index in [1.165, 1.54) is 12.5 Å². The number of nitrogens with zero attached hydrogens (tertiary/aromatic N) is 1. The van der Waals surface area contributed by atoms with Crippen molar-refractivity contribution in [2.45, 2.75) is 70.1 Å². The van der Waals surface area contributed by atoms with Gasteiger partial charge in [-0.15, -0.1) is 0 Å². The number of carbonyl (C=O) groups is 2. The molecule has 0 aromatic heterocycles. The third kappa shape index (κ3) is 5.56. The average Bonchev–Trinajstić information content (AvgIpc) is 2.61. The molecule has 144 valence electrons. The summed E-state index contributed by atoms with van der Waals surface area (Å²) in [6.45, 7) is 2.94. The van der Waals surface area contributed by atoms with E-state index in [0.29, 0.717) is 0 Å². The zero-order valence-corrected chi connectivity index (χ0v) is 16.5. The lowest BCUT2D eigenvalue weighted by molar-refractivity contribution is -0.153. The minimum Gasteiger partial charge on any atom is -0.453 e. The topological polar surface area (TPSA) is 58.6 Å². The van der Waals surface area contributed by atoms with Crippen molar-refractivity contribution in [3.63, 3.8) is 0 Å². The van der Waals surface area contributed by atoms with E-state index in [-0.39, 0.29) is 17.5 Å². The number of aryl methyl sites for hydroxylation is 1. The van der Waals surface area contributed by atoms with Crippen LogP contribution in [-0.2, 0) is 20.7 Å². The molecular formula is C21H32N2O3.